The number of methoxy groups -OCH3 is 1. The predicted octanol–water partition coefficient (Wildman–Crippen LogP) is 2.77. The quantitative estimate of drug-likeness (QED) is 0.824. The molecule has 0 aliphatic heterocycles. The van der Waals surface area contributed by atoms with E-state index < -0.39 is 5.60 Å². The van der Waals surface area contributed by atoms with Gasteiger partial charge in [0.15, 0.2) is 0 Å². The Bertz CT molecular complexity index is 666. The molecule has 0 saturated carbocycles. The van der Waals surface area contributed by atoms with Gasteiger partial charge in [-0.05, 0) is 66.3 Å². The second-order valence-corrected chi connectivity index (χ2v) is 5.46. The SMILES string of the molecule is COc1ccc(C2(O)CCc3cc(N)ccc32)c(C)c1. The molecule has 0 spiro atoms. The van der Waals surface area contributed by atoms with Gasteiger partial charge in [0.05, 0.1) is 7.11 Å². The first-order valence-corrected chi connectivity index (χ1v) is 6.81. The molecule has 20 heavy (non-hydrogen) atoms. The van der Waals surface area contributed by atoms with Crippen molar-refractivity contribution in [3.63, 3.8) is 0 Å². The Labute approximate surface area is 119 Å². The second kappa shape index (κ2) is 4.53. The molecular formula is C17H19NO2. The summed E-state index contributed by atoms with van der Waals surface area (Å²) in [5, 5.41) is 11.2. The smallest absolute Gasteiger partial charge is 0.119 e. The number of fused-ring (bicyclic) bond motifs is 1. The Morgan fingerprint density at radius 1 is 1.15 bits per heavy atom. The van der Waals surface area contributed by atoms with Crippen LogP contribution in [0.5, 0.6) is 5.75 Å². The van der Waals surface area contributed by atoms with Crippen molar-refractivity contribution in [2.24, 2.45) is 0 Å². The Kier molecular flexibility index (Phi) is 2.94. The van der Waals surface area contributed by atoms with Gasteiger partial charge in [0.25, 0.3) is 0 Å². The Morgan fingerprint density at radius 3 is 2.60 bits per heavy atom. The van der Waals surface area contributed by atoms with Crippen LogP contribution in [0.15, 0.2) is 36.4 Å². The minimum Gasteiger partial charge on any atom is -0.497 e. The highest BCUT2D eigenvalue weighted by molar-refractivity contribution is 5.54. The largest absolute Gasteiger partial charge is 0.497 e. The zero-order chi connectivity index (χ0) is 14.3. The highest BCUT2D eigenvalue weighted by Gasteiger charge is 2.39. The molecule has 2 aromatic rings. The third kappa shape index (κ3) is 1.86. The third-order valence-corrected chi connectivity index (χ3v) is 4.21. The summed E-state index contributed by atoms with van der Waals surface area (Å²) < 4.78 is 5.23. The van der Waals surface area contributed by atoms with Gasteiger partial charge in [0.1, 0.15) is 11.4 Å². The van der Waals surface area contributed by atoms with E-state index >= 15 is 0 Å². The first-order valence-electron chi connectivity index (χ1n) is 6.81. The third-order valence-electron chi connectivity index (χ3n) is 4.21. The fourth-order valence-electron chi connectivity index (χ4n) is 3.18. The molecule has 1 unspecified atom stereocenters. The lowest BCUT2D eigenvalue weighted by Gasteiger charge is -2.27. The summed E-state index contributed by atoms with van der Waals surface area (Å²) in [6, 6.07) is 11.6. The number of aryl methyl sites for hydroxylation is 2. The van der Waals surface area contributed by atoms with Crippen molar-refractivity contribution >= 4 is 5.69 Å². The van der Waals surface area contributed by atoms with Crippen LogP contribution in [0.4, 0.5) is 5.69 Å². The van der Waals surface area contributed by atoms with Crippen LogP contribution < -0.4 is 10.5 Å². The number of anilines is 1. The summed E-state index contributed by atoms with van der Waals surface area (Å²) in [5.41, 5.74) is 9.76. The lowest BCUT2D eigenvalue weighted by Crippen LogP contribution is -2.25. The van der Waals surface area contributed by atoms with Crippen LogP contribution in [-0.4, -0.2) is 12.2 Å². The number of hydrogen-bond donors (Lipinski definition) is 2. The minimum atomic E-state index is -0.917. The number of rotatable bonds is 2. The van der Waals surface area contributed by atoms with Gasteiger partial charge in [-0.1, -0.05) is 12.1 Å². The summed E-state index contributed by atoms with van der Waals surface area (Å²) in [6.45, 7) is 2.01. The van der Waals surface area contributed by atoms with Crippen LogP contribution in [0.1, 0.15) is 28.7 Å². The van der Waals surface area contributed by atoms with Crippen molar-refractivity contribution in [2.45, 2.75) is 25.4 Å². The van der Waals surface area contributed by atoms with Gasteiger partial charge in [-0.2, -0.15) is 0 Å². The van der Waals surface area contributed by atoms with E-state index in [0.717, 1.165) is 40.1 Å². The van der Waals surface area contributed by atoms with Gasteiger partial charge in [-0.25, -0.2) is 0 Å². The molecule has 0 saturated heterocycles. The van der Waals surface area contributed by atoms with Gasteiger partial charge in [0, 0.05) is 5.69 Å². The van der Waals surface area contributed by atoms with Gasteiger partial charge in [-0.3, -0.25) is 0 Å². The fraction of sp³-hybridized carbons (Fsp3) is 0.294. The highest BCUT2D eigenvalue weighted by atomic mass is 16.5. The maximum atomic E-state index is 11.2. The summed E-state index contributed by atoms with van der Waals surface area (Å²) >= 11 is 0. The van der Waals surface area contributed by atoms with Crippen LogP contribution in [-0.2, 0) is 12.0 Å². The van der Waals surface area contributed by atoms with Crippen molar-refractivity contribution in [1.82, 2.24) is 0 Å². The summed E-state index contributed by atoms with van der Waals surface area (Å²) in [4.78, 5) is 0. The Balaban J connectivity index is 2.12. The summed E-state index contributed by atoms with van der Waals surface area (Å²) in [5.74, 6) is 0.811. The van der Waals surface area contributed by atoms with Gasteiger partial charge in [-0.15, -0.1) is 0 Å². The highest BCUT2D eigenvalue weighted by Crippen LogP contribution is 2.44. The molecule has 0 fully saturated rings. The van der Waals surface area contributed by atoms with Gasteiger partial charge >= 0.3 is 0 Å². The molecule has 3 heteroatoms. The second-order valence-electron chi connectivity index (χ2n) is 5.46. The van der Waals surface area contributed by atoms with E-state index in [1.165, 1.54) is 0 Å². The molecule has 0 heterocycles. The first-order chi connectivity index (χ1) is 9.54. The molecule has 0 amide bonds. The minimum absolute atomic E-state index is 0.693. The average Bonchev–Trinajstić information content (AvgIpc) is 2.76. The average molecular weight is 269 g/mol. The Morgan fingerprint density at radius 2 is 1.90 bits per heavy atom. The van der Waals surface area contributed by atoms with E-state index in [4.69, 9.17) is 10.5 Å². The van der Waals surface area contributed by atoms with E-state index in [1.807, 2.05) is 43.3 Å². The van der Waals surface area contributed by atoms with Crippen molar-refractivity contribution in [1.29, 1.82) is 0 Å². The fourth-order valence-corrected chi connectivity index (χ4v) is 3.18. The van der Waals surface area contributed by atoms with Crippen molar-refractivity contribution in [3.05, 3.63) is 58.7 Å². The van der Waals surface area contributed by atoms with Crippen molar-refractivity contribution in [3.8, 4) is 5.75 Å². The standard InChI is InChI=1S/C17H19NO2/c1-11-9-14(20-2)4-6-15(11)17(19)8-7-12-10-13(18)3-5-16(12)17/h3-6,9-10,19H,7-8,18H2,1-2H3. The Hall–Kier alpha value is -2.00. The molecule has 0 radical (unpaired) electrons. The van der Waals surface area contributed by atoms with Crippen molar-refractivity contribution in [2.75, 3.05) is 12.8 Å². The zero-order valence-electron chi connectivity index (χ0n) is 11.8. The van der Waals surface area contributed by atoms with Crippen LogP contribution in [0, 0.1) is 6.92 Å². The maximum absolute atomic E-state index is 11.2. The van der Waals surface area contributed by atoms with Crippen molar-refractivity contribution < 1.29 is 9.84 Å². The predicted molar refractivity (Wildman–Crippen MR) is 79.9 cm³/mol. The topological polar surface area (TPSA) is 55.5 Å². The summed E-state index contributed by atoms with van der Waals surface area (Å²) in [6.07, 6.45) is 1.54. The number of nitrogens with two attached hydrogens (primary N) is 1. The van der Waals surface area contributed by atoms with E-state index in [9.17, 15) is 5.11 Å². The van der Waals surface area contributed by atoms with Crippen LogP contribution in [0.2, 0.25) is 0 Å². The van der Waals surface area contributed by atoms with E-state index in [2.05, 4.69) is 0 Å². The number of hydrogen-bond acceptors (Lipinski definition) is 3. The number of aliphatic hydroxyl groups is 1. The number of ether oxygens (including phenoxy) is 1. The van der Waals surface area contributed by atoms with Crippen LogP contribution in [0.25, 0.3) is 0 Å². The van der Waals surface area contributed by atoms with Gasteiger partial charge in [0.2, 0.25) is 0 Å². The monoisotopic (exact) mass is 269 g/mol. The molecule has 2 aromatic carbocycles. The molecule has 1 aliphatic rings. The number of nitrogen functional groups attached to an aromatic ring is 1. The molecule has 3 rings (SSSR count). The van der Waals surface area contributed by atoms with Crippen LogP contribution >= 0.6 is 0 Å². The first kappa shape index (κ1) is 13.0. The van der Waals surface area contributed by atoms with Gasteiger partial charge < -0.3 is 15.6 Å². The molecule has 3 N–H and O–H groups in total. The molecule has 3 nitrogen and oxygen atoms in total. The van der Waals surface area contributed by atoms with E-state index in [0.29, 0.717) is 6.42 Å². The maximum Gasteiger partial charge on any atom is 0.119 e. The molecule has 1 atom stereocenters. The van der Waals surface area contributed by atoms with E-state index in [-0.39, 0.29) is 0 Å². The number of benzene rings is 2. The lowest BCUT2D eigenvalue weighted by molar-refractivity contribution is 0.0822. The normalized spacial score (nSPS) is 20.8. The molecule has 104 valence electrons. The molecule has 0 aromatic heterocycles. The lowest BCUT2D eigenvalue weighted by atomic mass is 9.85. The molecule has 1 aliphatic carbocycles. The van der Waals surface area contributed by atoms with E-state index in [1.54, 1.807) is 7.11 Å². The zero-order valence-corrected chi connectivity index (χ0v) is 11.8. The van der Waals surface area contributed by atoms with Crippen LogP contribution in [0.3, 0.4) is 0 Å². The summed E-state index contributed by atoms with van der Waals surface area (Å²) in [7, 11) is 1.65. The molecular weight excluding hydrogens is 250 g/mol. The molecule has 0 bridgehead atoms.